The highest BCUT2D eigenvalue weighted by Gasteiger charge is 2.41. The second-order valence-corrected chi connectivity index (χ2v) is 8.14. The molecule has 3 aliphatic heterocycles. The topological polar surface area (TPSA) is 45.7 Å². The van der Waals surface area contributed by atoms with Gasteiger partial charge in [-0.15, -0.1) is 0 Å². The second kappa shape index (κ2) is 7.42. The molecular weight excluding hydrogens is 314 g/mol. The highest BCUT2D eigenvalue weighted by Crippen LogP contribution is 2.40. The Bertz CT molecular complexity index is 578. The standard InChI is InChI=1S/C20H29N3O2/c24-19-3-5-20(16-23(19)14-17-2-1-8-21-12-17)6-9-22(10-7-20)13-18-4-11-25-15-18/h1-2,8,12,18H,3-7,9-11,13-16H2/t18-/m1/s1. The van der Waals surface area contributed by atoms with E-state index in [1.165, 1.54) is 38.9 Å². The van der Waals surface area contributed by atoms with E-state index in [1.807, 2.05) is 12.3 Å². The maximum Gasteiger partial charge on any atom is 0.222 e. The number of piperidine rings is 2. The average molecular weight is 343 g/mol. The van der Waals surface area contributed by atoms with Crippen LogP contribution in [-0.4, -0.2) is 60.1 Å². The van der Waals surface area contributed by atoms with Crippen LogP contribution in [-0.2, 0) is 16.1 Å². The average Bonchev–Trinajstić information content (AvgIpc) is 3.15. The highest BCUT2D eigenvalue weighted by atomic mass is 16.5. The van der Waals surface area contributed by atoms with Gasteiger partial charge in [0.25, 0.3) is 0 Å². The minimum atomic E-state index is 0.306. The second-order valence-electron chi connectivity index (χ2n) is 8.14. The van der Waals surface area contributed by atoms with Gasteiger partial charge < -0.3 is 14.5 Å². The van der Waals surface area contributed by atoms with Gasteiger partial charge in [0.05, 0.1) is 6.61 Å². The number of rotatable bonds is 4. The van der Waals surface area contributed by atoms with Crippen molar-refractivity contribution in [3.63, 3.8) is 0 Å². The van der Waals surface area contributed by atoms with Crippen molar-refractivity contribution in [2.45, 2.75) is 38.6 Å². The molecular formula is C20H29N3O2. The maximum absolute atomic E-state index is 12.4. The molecule has 0 aromatic carbocycles. The fourth-order valence-corrected chi connectivity index (χ4v) is 4.67. The van der Waals surface area contributed by atoms with Crippen molar-refractivity contribution in [3.05, 3.63) is 30.1 Å². The van der Waals surface area contributed by atoms with Crippen LogP contribution in [0.4, 0.5) is 0 Å². The number of hydrogen-bond donors (Lipinski definition) is 0. The number of carbonyl (C=O) groups excluding carboxylic acids is 1. The van der Waals surface area contributed by atoms with Crippen molar-refractivity contribution in [1.29, 1.82) is 0 Å². The molecule has 0 saturated carbocycles. The summed E-state index contributed by atoms with van der Waals surface area (Å²) in [4.78, 5) is 21.3. The molecule has 0 bridgehead atoms. The predicted octanol–water partition coefficient (Wildman–Crippen LogP) is 2.32. The van der Waals surface area contributed by atoms with Crippen molar-refractivity contribution in [2.75, 3.05) is 39.4 Å². The van der Waals surface area contributed by atoms with Crippen molar-refractivity contribution >= 4 is 5.91 Å². The number of nitrogens with zero attached hydrogens (tertiary/aromatic N) is 3. The summed E-state index contributed by atoms with van der Waals surface area (Å²) in [7, 11) is 0. The lowest BCUT2D eigenvalue weighted by molar-refractivity contribution is -0.140. The van der Waals surface area contributed by atoms with Gasteiger partial charge in [-0.2, -0.15) is 0 Å². The molecule has 1 aromatic rings. The Hall–Kier alpha value is -1.46. The van der Waals surface area contributed by atoms with Crippen molar-refractivity contribution < 1.29 is 9.53 Å². The third kappa shape index (κ3) is 4.04. The monoisotopic (exact) mass is 343 g/mol. The van der Waals surface area contributed by atoms with Crippen LogP contribution in [0.3, 0.4) is 0 Å². The molecule has 1 aromatic heterocycles. The number of hydrogen-bond acceptors (Lipinski definition) is 4. The van der Waals surface area contributed by atoms with E-state index in [2.05, 4.69) is 20.9 Å². The quantitative estimate of drug-likeness (QED) is 0.842. The number of carbonyl (C=O) groups is 1. The Morgan fingerprint density at radius 1 is 1.28 bits per heavy atom. The van der Waals surface area contributed by atoms with Gasteiger partial charge >= 0.3 is 0 Å². The lowest BCUT2D eigenvalue weighted by Gasteiger charge is -2.47. The zero-order valence-electron chi connectivity index (χ0n) is 15.0. The Morgan fingerprint density at radius 2 is 2.16 bits per heavy atom. The molecule has 25 heavy (non-hydrogen) atoms. The minimum absolute atomic E-state index is 0.306. The van der Waals surface area contributed by atoms with Gasteiger partial charge in [-0.1, -0.05) is 6.07 Å². The summed E-state index contributed by atoms with van der Waals surface area (Å²) in [6.45, 7) is 7.03. The highest BCUT2D eigenvalue weighted by molar-refractivity contribution is 5.77. The summed E-state index contributed by atoms with van der Waals surface area (Å²) in [6.07, 6.45) is 9.09. The fraction of sp³-hybridized carbons (Fsp3) is 0.700. The lowest BCUT2D eigenvalue weighted by atomic mass is 9.72. The van der Waals surface area contributed by atoms with Gasteiger partial charge in [-0.3, -0.25) is 9.78 Å². The maximum atomic E-state index is 12.4. The molecule has 0 unspecified atom stereocenters. The smallest absolute Gasteiger partial charge is 0.222 e. The number of ether oxygens (including phenoxy) is 1. The molecule has 3 saturated heterocycles. The van der Waals surface area contributed by atoms with Crippen LogP contribution >= 0.6 is 0 Å². The Kier molecular flexibility index (Phi) is 5.04. The van der Waals surface area contributed by atoms with Crippen LogP contribution in [0.5, 0.6) is 0 Å². The number of amides is 1. The minimum Gasteiger partial charge on any atom is -0.381 e. The van der Waals surface area contributed by atoms with Crippen LogP contribution in [0.1, 0.15) is 37.7 Å². The van der Waals surface area contributed by atoms with Crippen molar-refractivity contribution in [3.8, 4) is 0 Å². The van der Waals surface area contributed by atoms with Crippen LogP contribution < -0.4 is 0 Å². The van der Waals surface area contributed by atoms with E-state index < -0.39 is 0 Å². The van der Waals surface area contributed by atoms with Crippen LogP contribution in [0.15, 0.2) is 24.5 Å². The molecule has 5 heteroatoms. The summed E-state index contributed by atoms with van der Waals surface area (Å²) in [5.74, 6) is 1.03. The lowest BCUT2D eigenvalue weighted by Crippen LogP contribution is -2.51. The third-order valence-corrected chi connectivity index (χ3v) is 6.30. The molecule has 4 rings (SSSR count). The number of aromatic nitrogens is 1. The van der Waals surface area contributed by atoms with Gasteiger partial charge in [0.15, 0.2) is 0 Å². The molecule has 3 fully saturated rings. The largest absolute Gasteiger partial charge is 0.381 e. The molecule has 1 spiro atoms. The molecule has 4 heterocycles. The molecule has 1 amide bonds. The molecule has 0 radical (unpaired) electrons. The van der Waals surface area contributed by atoms with E-state index in [0.717, 1.165) is 37.7 Å². The first-order chi connectivity index (χ1) is 12.2. The molecule has 5 nitrogen and oxygen atoms in total. The van der Waals surface area contributed by atoms with Crippen LogP contribution in [0.25, 0.3) is 0 Å². The third-order valence-electron chi connectivity index (χ3n) is 6.30. The van der Waals surface area contributed by atoms with E-state index in [1.54, 1.807) is 6.20 Å². The zero-order chi connectivity index (χ0) is 17.1. The first kappa shape index (κ1) is 17.0. The van der Waals surface area contributed by atoms with Gasteiger partial charge in [0, 0.05) is 45.1 Å². The van der Waals surface area contributed by atoms with Crippen molar-refractivity contribution in [2.24, 2.45) is 11.3 Å². The fourth-order valence-electron chi connectivity index (χ4n) is 4.67. The first-order valence-electron chi connectivity index (χ1n) is 9.69. The SMILES string of the molecule is O=C1CCC2(CCN(C[C@H]3CCOC3)CC2)CN1Cc1cccnc1. The molecule has 136 valence electrons. The predicted molar refractivity (Wildman–Crippen MR) is 95.9 cm³/mol. The van der Waals surface area contributed by atoms with E-state index in [0.29, 0.717) is 24.3 Å². The first-order valence-corrected chi connectivity index (χ1v) is 9.69. The van der Waals surface area contributed by atoms with Gasteiger partial charge in [0.1, 0.15) is 0 Å². The Labute approximate surface area is 150 Å². The van der Waals surface area contributed by atoms with Crippen LogP contribution in [0, 0.1) is 11.3 Å². The molecule has 0 N–H and O–H groups in total. The number of pyridine rings is 1. The Morgan fingerprint density at radius 3 is 2.88 bits per heavy atom. The van der Waals surface area contributed by atoms with E-state index in [-0.39, 0.29) is 0 Å². The normalized spacial score (nSPS) is 27.1. The van der Waals surface area contributed by atoms with E-state index in [9.17, 15) is 4.79 Å². The molecule has 3 aliphatic rings. The van der Waals surface area contributed by atoms with E-state index >= 15 is 0 Å². The van der Waals surface area contributed by atoms with Gasteiger partial charge in [0.2, 0.25) is 5.91 Å². The van der Waals surface area contributed by atoms with Gasteiger partial charge in [-0.25, -0.2) is 0 Å². The van der Waals surface area contributed by atoms with Crippen molar-refractivity contribution in [1.82, 2.24) is 14.8 Å². The molecule has 0 aliphatic carbocycles. The van der Waals surface area contributed by atoms with Crippen LogP contribution in [0.2, 0.25) is 0 Å². The Balaban J connectivity index is 1.33. The summed E-state index contributed by atoms with van der Waals surface area (Å²) in [6, 6.07) is 4.01. The molecule has 1 atom stereocenters. The van der Waals surface area contributed by atoms with Gasteiger partial charge in [-0.05, 0) is 61.7 Å². The number of likely N-dealkylation sites (tertiary alicyclic amines) is 2. The van der Waals surface area contributed by atoms with E-state index in [4.69, 9.17) is 4.74 Å². The summed E-state index contributed by atoms with van der Waals surface area (Å²) >= 11 is 0. The zero-order valence-corrected chi connectivity index (χ0v) is 15.0. The summed E-state index contributed by atoms with van der Waals surface area (Å²) < 4.78 is 5.51. The summed E-state index contributed by atoms with van der Waals surface area (Å²) in [5.41, 5.74) is 1.46. The summed E-state index contributed by atoms with van der Waals surface area (Å²) in [5, 5.41) is 0.